The summed E-state index contributed by atoms with van der Waals surface area (Å²) in [4.78, 5) is 24.1. The topological polar surface area (TPSA) is 86.9 Å². The summed E-state index contributed by atoms with van der Waals surface area (Å²) in [5.41, 5.74) is 1.18. The molecule has 0 atom stereocenters. The summed E-state index contributed by atoms with van der Waals surface area (Å²) in [6.45, 7) is 0.809. The molecular formula is C18H16N4O4. The van der Waals surface area contributed by atoms with Crippen LogP contribution in [0, 0.1) is 0 Å². The summed E-state index contributed by atoms with van der Waals surface area (Å²) in [5.74, 6) is 1.11. The molecule has 8 heteroatoms. The quantitative estimate of drug-likeness (QED) is 0.694. The Bertz CT molecular complexity index is 1050. The second-order valence-corrected chi connectivity index (χ2v) is 5.67. The molecule has 2 aromatic heterocycles. The minimum atomic E-state index is -0.250. The number of carbonyl (C=O) groups excluding carboxylic acids is 1. The molecule has 0 saturated carbocycles. The molecule has 0 unspecified atom stereocenters. The van der Waals surface area contributed by atoms with Crippen molar-refractivity contribution in [1.29, 1.82) is 0 Å². The van der Waals surface area contributed by atoms with E-state index in [0.717, 1.165) is 5.56 Å². The number of hydrogen-bond acceptors (Lipinski definition) is 5. The molecule has 1 aliphatic heterocycles. The molecule has 1 aliphatic rings. The third kappa shape index (κ3) is 3.16. The molecule has 0 radical (unpaired) electrons. The number of fused-ring (bicyclic) bond motifs is 2. The lowest BCUT2D eigenvalue weighted by Gasteiger charge is -2.01. The average molecular weight is 352 g/mol. The van der Waals surface area contributed by atoms with Gasteiger partial charge in [-0.15, -0.1) is 5.10 Å². The molecule has 8 nitrogen and oxygen atoms in total. The summed E-state index contributed by atoms with van der Waals surface area (Å²) in [6, 6.07) is 10.8. The summed E-state index contributed by atoms with van der Waals surface area (Å²) >= 11 is 0. The van der Waals surface area contributed by atoms with Crippen LogP contribution in [0.15, 0.2) is 53.5 Å². The standard InChI is InChI=1S/C18H16N4O4/c23-17(7-5-13-4-6-14-15(11-13)26-12-25-14)19-8-10-22-18(24)21-9-2-1-3-16(21)20-22/h1-7,9,11H,8,10,12H2,(H,19,23). The van der Waals surface area contributed by atoms with Crippen molar-refractivity contribution in [2.24, 2.45) is 0 Å². The Labute approximate surface area is 148 Å². The Balaban J connectivity index is 1.33. The van der Waals surface area contributed by atoms with Crippen LogP contribution in [0.1, 0.15) is 5.56 Å². The fraction of sp³-hybridized carbons (Fsp3) is 0.167. The van der Waals surface area contributed by atoms with Crippen LogP contribution in [-0.4, -0.2) is 33.4 Å². The summed E-state index contributed by atoms with van der Waals surface area (Å²) in [7, 11) is 0. The molecule has 1 aromatic carbocycles. The van der Waals surface area contributed by atoms with E-state index in [0.29, 0.717) is 30.2 Å². The van der Waals surface area contributed by atoms with Gasteiger partial charge in [0, 0.05) is 18.8 Å². The van der Waals surface area contributed by atoms with Crippen LogP contribution in [0.3, 0.4) is 0 Å². The maximum Gasteiger partial charge on any atom is 0.350 e. The third-order valence-electron chi connectivity index (χ3n) is 3.94. The van der Waals surface area contributed by atoms with Crippen molar-refractivity contribution in [3.05, 3.63) is 64.7 Å². The normalized spacial score (nSPS) is 12.8. The summed E-state index contributed by atoms with van der Waals surface area (Å²) in [6.07, 6.45) is 4.78. The highest BCUT2D eigenvalue weighted by atomic mass is 16.7. The minimum absolute atomic E-state index is 0.214. The zero-order valence-corrected chi connectivity index (χ0v) is 13.8. The molecule has 3 aromatic rings. The van der Waals surface area contributed by atoms with Crippen LogP contribution in [0.4, 0.5) is 0 Å². The number of nitrogens with one attached hydrogen (secondary N) is 1. The van der Waals surface area contributed by atoms with Gasteiger partial charge >= 0.3 is 5.69 Å². The molecule has 26 heavy (non-hydrogen) atoms. The van der Waals surface area contributed by atoms with Gasteiger partial charge in [-0.25, -0.2) is 9.48 Å². The number of benzene rings is 1. The Morgan fingerprint density at radius 2 is 2.12 bits per heavy atom. The van der Waals surface area contributed by atoms with Gasteiger partial charge in [-0.3, -0.25) is 9.20 Å². The van der Waals surface area contributed by atoms with Crippen molar-refractivity contribution in [3.8, 4) is 11.5 Å². The zero-order chi connectivity index (χ0) is 17.9. The van der Waals surface area contributed by atoms with Gasteiger partial charge in [0.05, 0.1) is 6.54 Å². The predicted octanol–water partition coefficient (Wildman–Crippen LogP) is 1.05. The Kier molecular flexibility index (Phi) is 4.14. The molecule has 1 N–H and O–H groups in total. The molecule has 3 heterocycles. The highest BCUT2D eigenvalue weighted by Crippen LogP contribution is 2.32. The fourth-order valence-electron chi connectivity index (χ4n) is 2.65. The molecule has 132 valence electrons. The van der Waals surface area contributed by atoms with Crippen molar-refractivity contribution in [2.75, 3.05) is 13.3 Å². The molecule has 0 saturated heterocycles. The van der Waals surface area contributed by atoms with Gasteiger partial charge in [0.1, 0.15) is 0 Å². The van der Waals surface area contributed by atoms with Crippen molar-refractivity contribution in [3.63, 3.8) is 0 Å². The largest absolute Gasteiger partial charge is 0.454 e. The van der Waals surface area contributed by atoms with E-state index < -0.39 is 0 Å². The van der Waals surface area contributed by atoms with Gasteiger partial charge in [0.15, 0.2) is 17.1 Å². The third-order valence-corrected chi connectivity index (χ3v) is 3.94. The highest BCUT2D eigenvalue weighted by Gasteiger charge is 2.12. The van der Waals surface area contributed by atoms with Gasteiger partial charge in [-0.05, 0) is 35.9 Å². The van der Waals surface area contributed by atoms with Crippen LogP contribution in [-0.2, 0) is 11.3 Å². The summed E-state index contributed by atoms with van der Waals surface area (Å²) in [5, 5.41) is 6.94. The van der Waals surface area contributed by atoms with Crippen LogP contribution < -0.4 is 20.5 Å². The van der Waals surface area contributed by atoms with Crippen molar-refractivity contribution < 1.29 is 14.3 Å². The van der Waals surface area contributed by atoms with Gasteiger partial charge < -0.3 is 14.8 Å². The number of pyridine rings is 1. The van der Waals surface area contributed by atoms with Gasteiger partial charge in [0.2, 0.25) is 12.7 Å². The highest BCUT2D eigenvalue weighted by molar-refractivity contribution is 5.91. The summed E-state index contributed by atoms with van der Waals surface area (Å²) < 4.78 is 13.3. The lowest BCUT2D eigenvalue weighted by Crippen LogP contribution is -2.30. The first-order valence-electron chi connectivity index (χ1n) is 8.10. The van der Waals surface area contributed by atoms with E-state index in [4.69, 9.17) is 9.47 Å². The minimum Gasteiger partial charge on any atom is -0.454 e. The molecule has 1 amide bonds. The molecule has 0 fully saturated rings. The molecule has 0 spiro atoms. The second kappa shape index (κ2) is 6.75. The van der Waals surface area contributed by atoms with Crippen LogP contribution >= 0.6 is 0 Å². The number of aromatic nitrogens is 3. The maximum absolute atomic E-state index is 12.1. The molecular weight excluding hydrogens is 336 g/mol. The first-order chi connectivity index (χ1) is 12.7. The molecule has 0 bridgehead atoms. The van der Waals surface area contributed by atoms with Gasteiger partial charge in [0.25, 0.3) is 0 Å². The lowest BCUT2D eigenvalue weighted by atomic mass is 10.2. The first kappa shape index (κ1) is 15.9. The number of ether oxygens (including phenoxy) is 2. The first-order valence-corrected chi connectivity index (χ1v) is 8.10. The predicted molar refractivity (Wildman–Crippen MR) is 94.1 cm³/mol. The van der Waals surface area contributed by atoms with E-state index in [-0.39, 0.29) is 18.4 Å². The van der Waals surface area contributed by atoms with Crippen molar-refractivity contribution in [2.45, 2.75) is 6.54 Å². The van der Waals surface area contributed by atoms with Gasteiger partial charge in [-0.1, -0.05) is 12.1 Å². The number of amides is 1. The maximum atomic E-state index is 12.1. The number of rotatable bonds is 5. The van der Waals surface area contributed by atoms with Crippen molar-refractivity contribution in [1.82, 2.24) is 19.5 Å². The van der Waals surface area contributed by atoms with E-state index >= 15 is 0 Å². The van der Waals surface area contributed by atoms with Crippen LogP contribution in [0.2, 0.25) is 0 Å². The number of carbonyl (C=O) groups is 1. The van der Waals surface area contributed by atoms with E-state index in [1.807, 2.05) is 18.2 Å². The zero-order valence-electron chi connectivity index (χ0n) is 13.8. The molecule has 4 rings (SSSR count). The van der Waals surface area contributed by atoms with E-state index in [2.05, 4.69) is 10.4 Å². The molecule has 0 aliphatic carbocycles. The Morgan fingerprint density at radius 1 is 1.23 bits per heavy atom. The Hall–Kier alpha value is -3.55. The van der Waals surface area contributed by atoms with E-state index in [1.54, 1.807) is 30.5 Å². The SMILES string of the molecule is O=C(C=Cc1ccc2c(c1)OCO2)NCCn1nc2ccccn2c1=O. The van der Waals surface area contributed by atoms with E-state index in [9.17, 15) is 9.59 Å². The lowest BCUT2D eigenvalue weighted by molar-refractivity contribution is -0.116. The van der Waals surface area contributed by atoms with E-state index in [1.165, 1.54) is 15.2 Å². The van der Waals surface area contributed by atoms with Crippen LogP contribution in [0.5, 0.6) is 11.5 Å². The fourth-order valence-corrected chi connectivity index (χ4v) is 2.65. The van der Waals surface area contributed by atoms with Crippen molar-refractivity contribution >= 4 is 17.6 Å². The average Bonchev–Trinajstić information content (AvgIpc) is 3.25. The number of nitrogens with zero attached hydrogens (tertiary/aromatic N) is 3. The smallest absolute Gasteiger partial charge is 0.350 e. The number of hydrogen-bond donors (Lipinski definition) is 1. The Morgan fingerprint density at radius 3 is 3.00 bits per heavy atom. The van der Waals surface area contributed by atoms with Gasteiger partial charge in [-0.2, -0.15) is 0 Å². The monoisotopic (exact) mass is 352 g/mol. The second-order valence-electron chi connectivity index (χ2n) is 5.67. The van der Waals surface area contributed by atoms with Crippen LogP contribution in [0.25, 0.3) is 11.7 Å².